The first-order valence-corrected chi connectivity index (χ1v) is 4.40. The maximum atomic E-state index is 13.3. The van der Waals surface area contributed by atoms with Gasteiger partial charge in [0.25, 0.3) is 0 Å². The van der Waals surface area contributed by atoms with Gasteiger partial charge in [-0.1, -0.05) is 6.08 Å². The Balaban J connectivity index is 3.10. The first-order valence-electron chi connectivity index (χ1n) is 4.40. The SMILES string of the molecule is C=CCN(C(C)=O)c1ccc(F)cc1F. The summed E-state index contributed by atoms with van der Waals surface area (Å²) in [6, 6.07) is 3.08. The molecule has 0 aromatic heterocycles. The fourth-order valence-corrected chi connectivity index (χ4v) is 1.23. The molecule has 2 nitrogen and oxygen atoms in total. The topological polar surface area (TPSA) is 20.3 Å². The average molecular weight is 211 g/mol. The molecule has 0 saturated heterocycles. The van der Waals surface area contributed by atoms with Gasteiger partial charge in [0.2, 0.25) is 5.91 Å². The van der Waals surface area contributed by atoms with Crippen LogP contribution < -0.4 is 4.90 Å². The highest BCUT2D eigenvalue weighted by Gasteiger charge is 2.14. The van der Waals surface area contributed by atoms with Gasteiger partial charge in [-0.25, -0.2) is 8.78 Å². The molecule has 0 fully saturated rings. The number of carbonyl (C=O) groups excluding carboxylic acids is 1. The van der Waals surface area contributed by atoms with Crippen molar-refractivity contribution in [3.8, 4) is 0 Å². The number of nitrogens with zero attached hydrogens (tertiary/aromatic N) is 1. The molecule has 0 aliphatic rings. The Hall–Kier alpha value is -1.71. The highest BCUT2D eigenvalue weighted by molar-refractivity contribution is 5.91. The number of amides is 1. The summed E-state index contributed by atoms with van der Waals surface area (Å²) >= 11 is 0. The van der Waals surface area contributed by atoms with Crippen molar-refractivity contribution in [1.29, 1.82) is 0 Å². The van der Waals surface area contributed by atoms with E-state index in [4.69, 9.17) is 0 Å². The smallest absolute Gasteiger partial charge is 0.224 e. The normalized spacial score (nSPS) is 9.80. The standard InChI is InChI=1S/C11H11F2NO/c1-3-6-14(8(2)15)11-5-4-9(12)7-10(11)13/h3-5,7H,1,6H2,2H3. The molecule has 15 heavy (non-hydrogen) atoms. The molecule has 0 unspecified atom stereocenters. The summed E-state index contributed by atoms with van der Waals surface area (Å²) in [7, 11) is 0. The van der Waals surface area contributed by atoms with Crippen LogP contribution in [0.4, 0.5) is 14.5 Å². The highest BCUT2D eigenvalue weighted by Crippen LogP contribution is 2.20. The van der Waals surface area contributed by atoms with E-state index >= 15 is 0 Å². The van der Waals surface area contributed by atoms with Crippen LogP contribution >= 0.6 is 0 Å². The summed E-state index contributed by atoms with van der Waals surface area (Å²) in [6.45, 7) is 4.97. The number of benzene rings is 1. The van der Waals surface area contributed by atoms with Gasteiger partial charge in [-0.2, -0.15) is 0 Å². The van der Waals surface area contributed by atoms with Crippen molar-refractivity contribution in [3.63, 3.8) is 0 Å². The van der Waals surface area contributed by atoms with Crippen LogP contribution in [0.5, 0.6) is 0 Å². The van der Waals surface area contributed by atoms with Gasteiger partial charge in [-0.3, -0.25) is 4.79 Å². The van der Waals surface area contributed by atoms with E-state index in [0.717, 1.165) is 12.1 Å². The lowest BCUT2D eigenvalue weighted by molar-refractivity contribution is -0.116. The lowest BCUT2D eigenvalue weighted by Crippen LogP contribution is -2.29. The van der Waals surface area contributed by atoms with Gasteiger partial charge in [0.05, 0.1) is 5.69 Å². The van der Waals surface area contributed by atoms with Gasteiger partial charge in [-0.15, -0.1) is 6.58 Å². The number of halogens is 2. The van der Waals surface area contributed by atoms with Crippen LogP contribution in [0.1, 0.15) is 6.92 Å². The van der Waals surface area contributed by atoms with Crippen molar-refractivity contribution in [2.24, 2.45) is 0 Å². The first-order chi connectivity index (χ1) is 7.06. The Labute approximate surface area is 86.8 Å². The van der Waals surface area contributed by atoms with Crippen LogP contribution in [0, 0.1) is 11.6 Å². The number of carbonyl (C=O) groups is 1. The van der Waals surface area contributed by atoms with Crippen molar-refractivity contribution in [2.45, 2.75) is 6.92 Å². The maximum absolute atomic E-state index is 13.3. The molecule has 4 heteroatoms. The van der Waals surface area contributed by atoms with Crippen molar-refractivity contribution in [2.75, 3.05) is 11.4 Å². The second kappa shape index (κ2) is 4.68. The maximum Gasteiger partial charge on any atom is 0.224 e. The Morgan fingerprint density at radius 2 is 2.20 bits per heavy atom. The largest absolute Gasteiger partial charge is 0.306 e. The summed E-state index contributed by atoms with van der Waals surface area (Å²) in [5.74, 6) is -1.74. The van der Waals surface area contributed by atoms with E-state index < -0.39 is 11.6 Å². The van der Waals surface area contributed by atoms with E-state index in [-0.39, 0.29) is 18.1 Å². The number of anilines is 1. The average Bonchev–Trinajstić information content (AvgIpc) is 2.15. The molecular formula is C11H11F2NO. The van der Waals surface area contributed by atoms with E-state index in [1.54, 1.807) is 0 Å². The summed E-state index contributed by atoms with van der Waals surface area (Å²) in [5, 5.41) is 0. The zero-order valence-electron chi connectivity index (χ0n) is 8.34. The van der Waals surface area contributed by atoms with Gasteiger partial charge >= 0.3 is 0 Å². The molecule has 0 atom stereocenters. The fourth-order valence-electron chi connectivity index (χ4n) is 1.23. The lowest BCUT2D eigenvalue weighted by atomic mass is 10.2. The molecule has 1 aromatic carbocycles. The van der Waals surface area contributed by atoms with E-state index in [0.29, 0.717) is 0 Å². The minimum Gasteiger partial charge on any atom is -0.306 e. The molecule has 1 amide bonds. The molecule has 0 saturated carbocycles. The monoisotopic (exact) mass is 211 g/mol. The molecule has 0 aliphatic heterocycles. The molecule has 1 rings (SSSR count). The predicted octanol–water partition coefficient (Wildman–Crippen LogP) is 2.50. The third-order valence-electron chi connectivity index (χ3n) is 1.89. The van der Waals surface area contributed by atoms with Crippen molar-refractivity contribution in [3.05, 3.63) is 42.5 Å². The first kappa shape index (κ1) is 11.4. The van der Waals surface area contributed by atoms with Gasteiger partial charge in [0.15, 0.2) is 0 Å². The molecule has 80 valence electrons. The van der Waals surface area contributed by atoms with Crippen LogP contribution in [0.15, 0.2) is 30.9 Å². The summed E-state index contributed by atoms with van der Waals surface area (Å²) < 4.78 is 26.0. The molecule has 0 heterocycles. The van der Waals surface area contributed by atoms with Crippen LogP contribution in [0.3, 0.4) is 0 Å². The Bertz CT molecular complexity index is 390. The number of hydrogen-bond acceptors (Lipinski definition) is 1. The third-order valence-corrected chi connectivity index (χ3v) is 1.89. The zero-order chi connectivity index (χ0) is 11.4. The van der Waals surface area contributed by atoms with Crippen molar-refractivity contribution in [1.82, 2.24) is 0 Å². The molecule has 1 aromatic rings. The molecule has 0 bridgehead atoms. The van der Waals surface area contributed by atoms with Crippen LogP contribution in [-0.2, 0) is 4.79 Å². The van der Waals surface area contributed by atoms with E-state index in [2.05, 4.69) is 6.58 Å². The predicted molar refractivity (Wildman–Crippen MR) is 54.6 cm³/mol. The summed E-state index contributed by atoms with van der Waals surface area (Å²) in [5.41, 5.74) is 0.0591. The van der Waals surface area contributed by atoms with Gasteiger partial charge in [-0.05, 0) is 12.1 Å². The van der Waals surface area contributed by atoms with Crippen LogP contribution in [0.25, 0.3) is 0 Å². The molecule has 0 N–H and O–H groups in total. The number of rotatable bonds is 3. The summed E-state index contributed by atoms with van der Waals surface area (Å²) in [6.07, 6.45) is 1.48. The van der Waals surface area contributed by atoms with Gasteiger partial charge in [0, 0.05) is 19.5 Å². The fraction of sp³-hybridized carbons (Fsp3) is 0.182. The minimum atomic E-state index is -0.757. The molecule has 0 spiro atoms. The van der Waals surface area contributed by atoms with E-state index in [1.807, 2.05) is 0 Å². The van der Waals surface area contributed by atoms with E-state index in [9.17, 15) is 13.6 Å². The van der Waals surface area contributed by atoms with Gasteiger partial charge in [0.1, 0.15) is 11.6 Å². The van der Waals surface area contributed by atoms with Gasteiger partial charge < -0.3 is 4.90 Å². The Kier molecular flexibility index (Phi) is 3.55. The quantitative estimate of drug-likeness (QED) is 0.703. The van der Waals surface area contributed by atoms with Crippen LogP contribution in [0.2, 0.25) is 0 Å². The highest BCUT2D eigenvalue weighted by atomic mass is 19.1. The minimum absolute atomic E-state index is 0.0591. The van der Waals surface area contributed by atoms with Crippen LogP contribution in [-0.4, -0.2) is 12.5 Å². The second-order valence-corrected chi connectivity index (χ2v) is 3.01. The summed E-state index contributed by atoms with van der Waals surface area (Å²) in [4.78, 5) is 12.4. The molecule has 0 radical (unpaired) electrons. The molecular weight excluding hydrogens is 200 g/mol. The second-order valence-electron chi connectivity index (χ2n) is 3.01. The lowest BCUT2D eigenvalue weighted by Gasteiger charge is -2.19. The van der Waals surface area contributed by atoms with Crippen molar-refractivity contribution < 1.29 is 13.6 Å². The zero-order valence-corrected chi connectivity index (χ0v) is 8.34. The number of hydrogen-bond donors (Lipinski definition) is 0. The molecule has 0 aliphatic carbocycles. The third kappa shape index (κ3) is 2.62. The van der Waals surface area contributed by atoms with Crippen molar-refractivity contribution >= 4 is 11.6 Å². The Morgan fingerprint density at radius 1 is 1.53 bits per heavy atom. The Morgan fingerprint density at radius 3 is 2.67 bits per heavy atom. The van der Waals surface area contributed by atoms with E-state index in [1.165, 1.54) is 24.0 Å².